The van der Waals surface area contributed by atoms with Crippen LogP contribution in [0.2, 0.25) is 0 Å². The summed E-state index contributed by atoms with van der Waals surface area (Å²) >= 11 is 0. The predicted octanol–water partition coefficient (Wildman–Crippen LogP) is 2.70. The number of nitrogens with zero attached hydrogens (tertiary/aromatic N) is 5. The zero-order valence-corrected chi connectivity index (χ0v) is 18.0. The van der Waals surface area contributed by atoms with Crippen LogP contribution >= 0.6 is 0 Å². The van der Waals surface area contributed by atoms with Crippen molar-refractivity contribution in [2.24, 2.45) is 0 Å². The Hall–Kier alpha value is -3.53. The fraction of sp³-hybridized carbons (Fsp3) is 0.391. The summed E-state index contributed by atoms with van der Waals surface area (Å²) in [5, 5.41) is 22.4. The smallest absolute Gasteiger partial charge is 0.260 e. The zero-order chi connectivity index (χ0) is 22.5. The van der Waals surface area contributed by atoms with E-state index in [1.165, 1.54) is 0 Å². The summed E-state index contributed by atoms with van der Waals surface area (Å²) in [6.45, 7) is 0.149. The monoisotopic (exact) mass is 450 g/mol. The first-order valence-corrected chi connectivity index (χ1v) is 11.0. The molecule has 1 aromatic carbocycles. The molecule has 4 atom stereocenters. The van der Waals surface area contributed by atoms with Crippen molar-refractivity contribution >= 4 is 5.82 Å². The Labute approximate surface area is 189 Å². The number of fused-ring (bicyclic) bond motifs is 3. The Bertz CT molecular complexity index is 1190. The molecule has 0 saturated carbocycles. The van der Waals surface area contributed by atoms with E-state index in [4.69, 9.17) is 9.47 Å². The van der Waals surface area contributed by atoms with Crippen LogP contribution in [0.25, 0.3) is 22.5 Å². The predicted molar refractivity (Wildman–Crippen MR) is 118 cm³/mol. The largest absolute Gasteiger partial charge is 0.507 e. The highest BCUT2D eigenvalue weighted by molar-refractivity contribution is 5.73. The van der Waals surface area contributed by atoms with Crippen molar-refractivity contribution < 1.29 is 19.0 Å². The van der Waals surface area contributed by atoms with Gasteiger partial charge in [0, 0.05) is 30.9 Å². The normalized spacial score (nSPS) is 25.3. The molecule has 33 heavy (non-hydrogen) atoms. The van der Waals surface area contributed by atoms with Crippen LogP contribution in [0, 0.1) is 0 Å². The number of rotatable bonds is 4. The van der Waals surface area contributed by atoms with E-state index >= 15 is 0 Å². The van der Waals surface area contributed by atoms with Crippen molar-refractivity contribution in [3.63, 3.8) is 0 Å². The molecular weight excluding hydrogens is 427 g/mol. The van der Waals surface area contributed by atoms with Crippen LogP contribution in [0.5, 0.6) is 17.4 Å². The molecule has 0 amide bonds. The van der Waals surface area contributed by atoms with Crippen molar-refractivity contribution in [2.45, 2.75) is 43.6 Å². The number of benzene rings is 1. The van der Waals surface area contributed by atoms with E-state index in [0.29, 0.717) is 34.9 Å². The van der Waals surface area contributed by atoms with Gasteiger partial charge in [-0.15, -0.1) is 10.2 Å². The Kier molecular flexibility index (Phi) is 4.75. The SMILES string of the molecule is CN(c1cnc(-c2ccc(-c3cnc4c(c3)OCO4)cc2O)nn1)[C@H]1C[C@@H]2CC[C@H](N2)[C@H]1F. The van der Waals surface area contributed by atoms with Crippen molar-refractivity contribution in [2.75, 3.05) is 18.7 Å². The van der Waals surface area contributed by atoms with Gasteiger partial charge in [-0.1, -0.05) is 6.07 Å². The Balaban J connectivity index is 1.22. The number of hydrogen-bond acceptors (Lipinski definition) is 9. The van der Waals surface area contributed by atoms with Crippen LogP contribution in [-0.2, 0) is 0 Å². The highest BCUT2D eigenvalue weighted by Crippen LogP contribution is 2.37. The molecule has 0 aliphatic carbocycles. The first-order valence-electron chi connectivity index (χ1n) is 11.0. The fourth-order valence-corrected chi connectivity index (χ4v) is 4.92. The van der Waals surface area contributed by atoms with Gasteiger partial charge in [0.25, 0.3) is 5.88 Å². The van der Waals surface area contributed by atoms with Crippen molar-refractivity contribution in [1.82, 2.24) is 25.5 Å². The van der Waals surface area contributed by atoms with Crippen LogP contribution in [-0.4, -0.2) is 63.4 Å². The van der Waals surface area contributed by atoms with Crippen molar-refractivity contribution in [3.05, 3.63) is 36.7 Å². The minimum Gasteiger partial charge on any atom is -0.507 e. The standard InChI is InChI=1S/C23H23FN6O3/c1-30(17-8-14-3-5-16(27-14)21(17)24)20-10-25-22(29-28-20)15-4-2-12(6-18(15)31)13-7-19-23(26-9-13)33-11-32-19/h2,4,6-7,9-10,14,16-17,21,27,31H,3,5,8,11H2,1H3/t14-,16-,17-,21+/m0/s1. The third kappa shape index (κ3) is 3.50. The van der Waals surface area contributed by atoms with Gasteiger partial charge in [-0.2, -0.15) is 0 Å². The first kappa shape index (κ1) is 20.1. The molecule has 0 radical (unpaired) electrons. The van der Waals surface area contributed by atoms with E-state index in [0.717, 1.165) is 30.4 Å². The van der Waals surface area contributed by atoms with Crippen molar-refractivity contribution in [1.29, 1.82) is 0 Å². The van der Waals surface area contributed by atoms with Gasteiger partial charge < -0.3 is 24.8 Å². The molecule has 2 bridgehead atoms. The molecule has 3 aliphatic heterocycles. The third-order valence-corrected chi connectivity index (χ3v) is 6.76. The van der Waals surface area contributed by atoms with Gasteiger partial charge in [-0.05, 0) is 43.0 Å². The number of alkyl halides is 1. The quantitative estimate of drug-likeness (QED) is 0.621. The number of hydrogen-bond donors (Lipinski definition) is 2. The average Bonchev–Trinajstić information content (AvgIpc) is 3.48. The lowest BCUT2D eigenvalue weighted by Gasteiger charge is -2.38. The van der Waals surface area contributed by atoms with Crippen LogP contribution in [0.15, 0.2) is 36.7 Å². The summed E-state index contributed by atoms with van der Waals surface area (Å²) < 4.78 is 25.5. The van der Waals surface area contributed by atoms with Gasteiger partial charge in [0.15, 0.2) is 17.4 Å². The lowest BCUT2D eigenvalue weighted by molar-refractivity contribution is 0.171. The maximum Gasteiger partial charge on any atom is 0.260 e. The number of aromatic nitrogens is 4. The van der Waals surface area contributed by atoms with Gasteiger partial charge in [0.2, 0.25) is 6.79 Å². The van der Waals surface area contributed by atoms with Gasteiger partial charge in [-0.25, -0.2) is 14.4 Å². The number of ether oxygens (including phenoxy) is 2. The van der Waals surface area contributed by atoms with E-state index < -0.39 is 6.17 Å². The highest BCUT2D eigenvalue weighted by atomic mass is 19.1. The molecule has 0 spiro atoms. The Morgan fingerprint density at radius 3 is 2.82 bits per heavy atom. The van der Waals surface area contributed by atoms with Crippen LogP contribution in [0.3, 0.4) is 0 Å². The number of phenolic OH excluding ortho intramolecular Hbond substituents is 1. The zero-order valence-electron chi connectivity index (χ0n) is 18.0. The van der Waals surface area contributed by atoms with Crippen LogP contribution < -0.4 is 19.7 Å². The minimum atomic E-state index is -0.961. The molecule has 3 aliphatic rings. The van der Waals surface area contributed by atoms with E-state index in [1.54, 1.807) is 24.5 Å². The van der Waals surface area contributed by atoms with Crippen LogP contribution in [0.1, 0.15) is 19.3 Å². The second-order valence-corrected chi connectivity index (χ2v) is 8.71. The van der Waals surface area contributed by atoms with Gasteiger partial charge in [-0.3, -0.25) is 0 Å². The van der Waals surface area contributed by atoms with Gasteiger partial charge in [0.05, 0.1) is 17.8 Å². The molecule has 2 N–H and O–H groups in total. The lowest BCUT2D eigenvalue weighted by Crippen LogP contribution is -2.55. The Morgan fingerprint density at radius 2 is 2.00 bits per heavy atom. The second kappa shape index (κ2) is 7.80. The molecule has 2 aromatic heterocycles. The molecule has 0 unspecified atom stereocenters. The average molecular weight is 450 g/mol. The molecule has 3 aromatic rings. The lowest BCUT2D eigenvalue weighted by atomic mass is 9.96. The van der Waals surface area contributed by atoms with Crippen LogP contribution in [0.4, 0.5) is 10.2 Å². The maximum atomic E-state index is 14.9. The summed E-state index contributed by atoms with van der Waals surface area (Å²) in [6, 6.07) is 7.02. The first-order chi connectivity index (χ1) is 16.1. The summed E-state index contributed by atoms with van der Waals surface area (Å²) in [5.74, 6) is 1.85. The number of anilines is 1. The number of aromatic hydroxyl groups is 1. The number of pyridine rings is 1. The number of nitrogens with one attached hydrogen (secondary N) is 1. The molecule has 2 saturated heterocycles. The van der Waals surface area contributed by atoms with Gasteiger partial charge in [0.1, 0.15) is 11.9 Å². The van der Waals surface area contributed by atoms with E-state index in [1.807, 2.05) is 24.1 Å². The third-order valence-electron chi connectivity index (χ3n) is 6.76. The Morgan fingerprint density at radius 1 is 1.09 bits per heavy atom. The van der Waals surface area contributed by atoms with Crippen molar-refractivity contribution in [3.8, 4) is 39.9 Å². The number of halogens is 1. The number of phenols is 1. The topological polar surface area (TPSA) is 106 Å². The fourth-order valence-electron chi connectivity index (χ4n) is 4.92. The van der Waals surface area contributed by atoms with E-state index in [-0.39, 0.29) is 24.6 Å². The molecule has 9 nitrogen and oxygen atoms in total. The summed E-state index contributed by atoms with van der Waals surface area (Å²) in [5.41, 5.74) is 2.01. The molecule has 10 heteroatoms. The molecule has 5 heterocycles. The highest BCUT2D eigenvalue weighted by Gasteiger charge is 2.44. The summed E-state index contributed by atoms with van der Waals surface area (Å²) in [7, 11) is 1.83. The molecule has 2 fully saturated rings. The molecule has 6 rings (SSSR count). The minimum absolute atomic E-state index is 0.0202. The number of piperidine rings is 1. The maximum absolute atomic E-state index is 14.9. The summed E-state index contributed by atoms with van der Waals surface area (Å²) in [6.07, 6.45) is 4.89. The second-order valence-electron chi connectivity index (χ2n) is 8.71. The van der Waals surface area contributed by atoms with Gasteiger partial charge >= 0.3 is 0 Å². The summed E-state index contributed by atoms with van der Waals surface area (Å²) in [4.78, 5) is 10.5. The molecule has 170 valence electrons. The molecular formula is C23H23FN6O3. The van der Waals surface area contributed by atoms with E-state index in [9.17, 15) is 9.50 Å². The van der Waals surface area contributed by atoms with E-state index in [2.05, 4.69) is 25.5 Å².